The number of ether oxygens (including phenoxy) is 1. The SMILES string of the molecule is Cc1cccc(NC(=O)COc2ccc(S(=O)(=O)N3CCc4ccccc4C3)cc2Cl)c1C. The molecule has 1 N–H and O–H groups in total. The number of carbonyl (C=O) groups excluding carboxylic acids is 1. The molecule has 0 aromatic heterocycles. The minimum absolute atomic E-state index is 0.0964. The van der Waals surface area contributed by atoms with Gasteiger partial charge in [-0.15, -0.1) is 0 Å². The van der Waals surface area contributed by atoms with Gasteiger partial charge in [-0.2, -0.15) is 4.31 Å². The first-order valence-electron chi connectivity index (χ1n) is 10.6. The monoisotopic (exact) mass is 484 g/mol. The summed E-state index contributed by atoms with van der Waals surface area (Å²) in [5.41, 5.74) is 4.96. The molecule has 6 nitrogen and oxygen atoms in total. The number of carbonyl (C=O) groups is 1. The lowest BCUT2D eigenvalue weighted by Gasteiger charge is -2.28. The second-order valence-electron chi connectivity index (χ2n) is 8.03. The normalized spacial score (nSPS) is 13.9. The molecule has 33 heavy (non-hydrogen) atoms. The average molecular weight is 485 g/mol. The summed E-state index contributed by atoms with van der Waals surface area (Å²) in [6.07, 6.45) is 0.667. The molecule has 0 unspecified atom stereocenters. The van der Waals surface area contributed by atoms with E-state index in [1.54, 1.807) is 0 Å². The Morgan fingerprint density at radius 3 is 2.58 bits per heavy atom. The van der Waals surface area contributed by atoms with Crippen LogP contribution < -0.4 is 10.1 Å². The van der Waals surface area contributed by atoms with Gasteiger partial charge in [-0.25, -0.2) is 8.42 Å². The molecule has 0 saturated carbocycles. The summed E-state index contributed by atoms with van der Waals surface area (Å²) < 4.78 is 33.3. The van der Waals surface area contributed by atoms with Gasteiger partial charge in [0.2, 0.25) is 10.0 Å². The average Bonchev–Trinajstić information content (AvgIpc) is 2.81. The molecule has 172 valence electrons. The van der Waals surface area contributed by atoms with Gasteiger partial charge in [-0.05, 0) is 66.8 Å². The quantitative estimate of drug-likeness (QED) is 0.549. The van der Waals surface area contributed by atoms with E-state index in [9.17, 15) is 13.2 Å². The van der Waals surface area contributed by atoms with Crippen LogP contribution in [0.15, 0.2) is 65.6 Å². The maximum atomic E-state index is 13.2. The van der Waals surface area contributed by atoms with Crippen LogP contribution in [0.5, 0.6) is 5.75 Å². The smallest absolute Gasteiger partial charge is 0.262 e. The molecule has 4 rings (SSSR count). The van der Waals surface area contributed by atoms with E-state index in [0.717, 1.165) is 22.4 Å². The van der Waals surface area contributed by atoms with Crippen molar-refractivity contribution in [2.24, 2.45) is 0 Å². The van der Waals surface area contributed by atoms with Crippen molar-refractivity contribution in [3.05, 3.63) is 87.9 Å². The van der Waals surface area contributed by atoms with Gasteiger partial charge in [0.15, 0.2) is 6.61 Å². The minimum Gasteiger partial charge on any atom is -0.482 e. The summed E-state index contributed by atoms with van der Waals surface area (Å²) in [7, 11) is -3.71. The predicted molar refractivity (Wildman–Crippen MR) is 129 cm³/mol. The van der Waals surface area contributed by atoms with Gasteiger partial charge in [0.25, 0.3) is 5.91 Å². The van der Waals surface area contributed by atoms with Gasteiger partial charge in [-0.3, -0.25) is 4.79 Å². The minimum atomic E-state index is -3.71. The van der Waals surface area contributed by atoms with Crippen LogP contribution >= 0.6 is 11.6 Å². The molecule has 0 atom stereocenters. The van der Waals surface area contributed by atoms with Crippen molar-refractivity contribution >= 4 is 33.2 Å². The largest absolute Gasteiger partial charge is 0.482 e. The van der Waals surface area contributed by atoms with Crippen LogP contribution in [-0.2, 0) is 27.8 Å². The van der Waals surface area contributed by atoms with Gasteiger partial charge in [-0.1, -0.05) is 48.0 Å². The van der Waals surface area contributed by atoms with Crippen LogP contribution in [0.2, 0.25) is 5.02 Å². The molecule has 3 aromatic rings. The van der Waals surface area contributed by atoms with Crippen molar-refractivity contribution in [3.8, 4) is 5.75 Å². The van der Waals surface area contributed by atoms with Crippen molar-refractivity contribution in [1.29, 1.82) is 0 Å². The Labute approximate surface area is 199 Å². The first-order chi connectivity index (χ1) is 15.8. The maximum absolute atomic E-state index is 13.2. The Morgan fingerprint density at radius 2 is 1.82 bits per heavy atom. The molecule has 0 aliphatic carbocycles. The van der Waals surface area contributed by atoms with Gasteiger partial charge in [0.1, 0.15) is 5.75 Å². The third kappa shape index (κ3) is 5.05. The van der Waals surface area contributed by atoms with Crippen LogP contribution in [0.4, 0.5) is 5.69 Å². The molecule has 1 amide bonds. The van der Waals surface area contributed by atoms with Crippen molar-refractivity contribution < 1.29 is 17.9 Å². The molecule has 0 radical (unpaired) electrons. The summed E-state index contributed by atoms with van der Waals surface area (Å²) in [6, 6.07) is 17.8. The standard InChI is InChI=1S/C25H25ClN2O4S/c1-17-6-5-9-23(18(17)2)27-25(29)16-32-24-11-10-21(14-22(24)26)33(30,31)28-13-12-19-7-3-4-8-20(19)15-28/h3-11,14H,12-13,15-16H2,1-2H3,(H,27,29). The number of aryl methyl sites for hydroxylation is 1. The van der Waals surface area contributed by atoms with E-state index in [1.807, 2.05) is 56.3 Å². The summed E-state index contributed by atoms with van der Waals surface area (Å²) in [6.45, 7) is 4.39. The highest BCUT2D eigenvalue weighted by Crippen LogP contribution is 2.31. The second kappa shape index (κ2) is 9.55. The van der Waals surface area contributed by atoms with Gasteiger partial charge in [0.05, 0.1) is 9.92 Å². The van der Waals surface area contributed by atoms with Crippen LogP contribution in [0, 0.1) is 13.8 Å². The lowest BCUT2D eigenvalue weighted by molar-refractivity contribution is -0.118. The number of benzene rings is 3. The summed E-state index contributed by atoms with van der Waals surface area (Å²) in [5.74, 6) is -0.0841. The zero-order chi connectivity index (χ0) is 23.6. The lowest BCUT2D eigenvalue weighted by atomic mass is 10.0. The number of sulfonamides is 1. The fourth-order valence-corrected chi connectivity index (χ4v) is 5.54. The number of hydrogen-bond donors (Lipinski definition) is 1. The van der Waals surface area contributed by atoms with Crippen LogP contribution in [0.3, 0.4) is 0 Å². The fraction of sp³-hybridized carbons (Fsp3) is 0.240. The van der Waals surface area contributed by atoms with Crippen LogP contribution in [0.25, 0.3) is 0 Å². The topological polar surface area (TPSA) is 75.7 Å². The van der Waals surface area contributed by atoms with E-state index in [-0.39, 0.29) is 28.2 Å². The third-order valence-electron chi connectivity index (χ3n) is 5.87. The van der Waals surface area contributed by atoms with Gasteiger partial charge >= 0.3 is 0 Å². The Bertz CT molecular complexity index is 1310. The first-order valence-corrected chi connectivity index (χ1v) is 12.4. The molecule has 0 spiro atoms. The molecule has 3 aromatic carbocycles. The highest BCUT2D eigenvalue weighted by molar-refractivity contribution is 7.89. The number of hydrogen-bond acceptors (Lipinski definition) is 4. The molecular weight excluding hydrogens is 460 g/mol. The predicted octanol–water partition coefficient (Wildman–Crippen LogP) is 4.72. The Kier molecular flexibility index (Phi) is 6.74. The number of anilines is 1. The highest BCUT2D eigenvalue weighted by atomic mass is 35.5. The van der Waals surface area contributed by atoms with E-state index in [0.29, 0.717) is 19.5 Å². The Hall–Kier alpha value is -2.87. The number of fused-ring (bicyclic) bond motifs is 1. The van der Waals surface area contributed by atoms with Crippen LogP contribution in [0.1, 0.15) is 22.3 Å². The molecule has 0 saturated heterocycles. The number of rotatable bonds is 6. The van der Waals surface area contributed by atoms with Crippen molar-refractivity contribution in [3.63, 3.8) is 0 Å². The number of halogens is 1. The summed E-state index contributed by atoms with van der Waals surface area (Å²) in [5, 5.41) is 2.95. The van der Waals surface area contributed by atoms with Crippen molar-refractivity contribution in [2.45, 2.75) is 31.7 Å². The summed E-state index contributed by atoms with van der Waals surface area (Å²) >= 11 is 6.31. The highest BCUT2D eigenvalue weighted by Gasteiger charge is 2.28. The molecule has 1 heterocycles. The van der Waals surface area contributed by atoms with E-state index in [4.69, 9.17) is 16.3 Å². The second-order valence-corrected chi connectivity index (χ2v) is 10.4. The van der Waals surface area contributed by atoms with Crippen molar-refractivity contribution in [2.75, 3.05) is 18.5 Å². The molecule has 8 heteroatoms. The van der Waals surface area contributed by atoms with Gasteiger partial charge < -0.3 is 10.1 Å². The Morgan fingerprint density at radius 1 is 1.06 bits per heavy atom. The lowest BCUT2D eigenvalue weighted by Crippen LogP contribution is -2.35. The molecular formula is C25H25ClN2O4S. The molecule has 0 fully saturated rings. The van der Waals surface area contributed by atoms with Crippen LogP contribution in [-0.4, -0.2) is 31.8 Å². The maximum Gasteiger partial charge on any atom is 0.262 e. The zero-order valence-electron chi connectivity index (χ0n) is 18.5. The zero-order valence-corrected chi connectivity index (χ0v) is 20.0. The molecule has 1 aliphatic rings. The van der Waals surface area contributed by atoms with Gasteiger partial charge in [0, 0.05) is 18.8 Å². The first kappa shape index (κ1) is 23.3. The molecule has 1 aliphatic heterocycles. The Balaban J connectivity index is 1.42. The fourth-order valence-electron chi connectivity index (χ4n) is 3.80. The number of amides is 1. The van der Waals surface area contributed by atoms with E-state index >= 15 is 0 Å². The van der Waals surface area contributed by atoms with Crippen molar-refractivity contribution in [1.82, 2.24) is 4.31 Å². The summed E-state index contributed by atoms with van der Waals surface area (Å²) in [4.78, 5) is 12.4. The molecule has 0 bridgehead atoms. The third-order valence-corrected chi connectivity index (χ3v) is 8.01. The van der Waals surface area contributed by atoms with E-state index < -0.39 is 10.0 Å². The number of nitrogens with zero attached hydrogens (tertiary/aromatic N) is 1. The van der Waals surface area contributed by atoms with E-state index in [2.05, 4.69) is 5.32 Å². The van der Waals surface area contributed by atoms with E-state index in [1.165, 1.54) is 28.1 Å². The number of nitrogens with one attached hydrogen (secondary N) is 1.